The molecule has 1 aromatic heterocycles. The number of hydrogen-bond acceptors (Lipinski definition) is 4. The molecule has 1 atom stereocenters. The number of rotatable bonds is 6. The minimum Gasteiger partial charge on any atom is -0.309 e. The summed E-state index contributed by atoms with van der Waals surface area (Å²) >= 11 is 3.77. The highest BCUT2D eigenvalue weighted by Crippen LogP contribution is 2.32. The van der Waals surface area contributed by atoms with Crippen molar-refractivity contribution in [3.63, 3.8) is 0 Å². The van der Waals surface area contributed by atoms with Crippen LogP contribution in [0.15, 0.2) is 0 Å². The van der Waals surface area contributed by atoms with Crippen LogP contribution in [0.4, 0.5) is 0 Å². The van der Waals surface area contributed by atoms with Gasteiger partial charge in [0.15, 0.2) is 0 Å². The molecule has 0 saturated heterocycles. The second-order valence-electron chi connectivity index (χ2n) is 5.74. The lowest BCUT2D eigenvalue weighted by Crippen LogP contribution is -2.20. The predicted molar refractivity (Wildman–Crippen MR) is 85.0 cm³/mol. The Kier molecular flexibility index (Phi) is 6.15. The fourth-order valence-electron chi connectivity index (χ4n) is 1.76. The van der Waals surface area contributed by atoms with E-state index < -0.39 is 0 Å². The van der Waals surface area contributed by atoms with E-state index in [0.717, 1.165) is 6.54 Å². The van der Waals surface area contributed by atoms with Crippen molar-refractivity contribution in [3.05, 3.63) is 15.6 Å². The fraction of sp³-hybridized carbons (Fsp3) is 0.786. The first-order valence-corrected chi connectivity index (χ1v) is 8.77. The largest absolute Gasteiger partial charge is 0.309 e. The summed E-state index contributed by atoms with van der Waals surface area (Å²) in [5.74, 6) is 1.23. The van der Waals surface area contributed by atoms with E-state index in [0.29, 0.717) is 6.04 Å². The van der Waals surface area contributed by atoms with E-state index in [2.05, 4.69) is 46.2 Å². The summed E-state index contributed by atoms with van der Waals surface area (Å²) in [6, 6.07) is 0.417. The third-order valence-electron chi connectivity index (χ3n) is 2.84. The standard InChI is InChI=1S/C14H26N2S2/c1-10(15-8-7-9-17-6)12-11(2)16-13(18-12)14(3,4)5/h10,15H,7-9H2,1-6H3. The van der Waals surface area contributed by atoms with Gasteiger partial charge >= 0.3 is 0 Å². The molecule has 0 bridgehead atoms. The molecule has 1 rings (SSSR count). The molecule has 0 aliphatic carbocycles. The topological polar surface area (TPSA) is 24.9 Å². The van der Waals surface area contributed by atoms with Crippen LogP contribution in [0.3, 0.4) is 0 Å². The number of nitrogens with one attached hydrogen (secondary N) is 1. The fourth-order valence-corrected chi connectivity index (χ4v) is 3.34. The molecule has 2 nitrogen and oxygen atoms in total. The monoisotopic (exact) mass is 286 g/mol. The number of aromatic nitrogens is 1. The first-order chi connectivity index (χ1) is 8.36. The number of aryl methyl sites for hydroxylation is 1. The Morgan fingerprint density at radius 3 is 2.56 bits per heavy atom. The van der Waals surface area contributed by atoms with Crippen LogP contribution in [0.25, 0.3) is 0 Å². The van der Waals surface area contributed by atoms with E-state index in [1.54, 1.807) is 0 Å². The van der Waals surface area contributed by atoms with Crippen LogP contribution in [0, 0.1) is 6.92 Å². The molecule has 0 aromatic carbocycles. The van der Waals surface area contributed by atoms with Crippen LogP contribution >= 0.6 is 23.1 Å². The van der Waals surface area contributed by atoms with E-state index in [1.165, 1.54) is 27.8 Å². The molecule has 0 fully saturated rings. The first-order valence-electron chi connectivity index (χ1n) is 6.56. The molecule has 104 valence electrons. The lowest BCUT2D eigenvalue weighted by molar-refractivity contribution is 0.575. The van der Waals surface area contributed by atoms with E-state index >= 15 is 0 Å². The van der Waals surface area contributed by atoms with Crippen LogP contribution in [0.2, 0.25) is 0 Å². The third kappa shape index (κ3) is 4.56. The van der Waals surface area contributed by atoms with E-state index in [9.17, 15) is 0 Å². The summed E-state index contributed by atoms with van der Waals surface area (Å²) in [6.45, 7) is 12.1. The highest BCUT2D eigenvalue weighted by Gasteiger charge is 2.22. The van der Waals surface area contributed by atoms with Crippen molar-refractivity contribution in [2.24, 2.45) is 0 Å². The quantitative estimate of drug-likeness (QED) is 0.795. The molecule has 1 heterocycles. The molecule has 4 heteroatoms. The first kappa shape index (κ1) is 16.0. The Bertz CT molecular complexity index is 366. The molecule has 18 heavy (non-hydrogen) atoms. The van der Waals surface area contributed by atoms with Crippen molar-refractivity contribution in [2.45, 2.75) is 52.5 Å². The van der Waals surface area contributed by atoms with Crippen LogP contribution in [0.1, 0.15) is 55.7 Å². The van der Waals surface area contributed by atoms with Crippen LogP contribution < -0.4 is 5.32 Å². The number of thioether (sulfide) groups is 1. The van der Waals surface area contributed by atoms with E-state index in [4.69, 9.17) is 4.98 Å². The highest BCUT2D eigenvalue weighted by atomic mass is 32.2. The number of thiazole rings is 1. The Labute approximate surface area is 120 Å². The van der Waals surface area contributed by atoms with Crippen LogP contribution in [-0.2, 0) is 5.41 Å². The normalized spacial score (nSPS) is 13.9. The second kappa shape index (κ2) is 6.92. The SMILES string of the molecule is CSCCCNC(C)c1sc(C(C)(C)C)nc1C. The summed E-state index contributed by atoms with van der Waals surface area (Å²) in [6.07, 6.45) is 3.39. The molecule has 0 saturated carbocycles. The van der Waals surface area contributed by atoms with Gasteiger partial charge in [-0.3, -0.25) is 0 Å². The van der Waals surface area contributed by atoms with Crippen molar-refractivity contribution in [1.82, 2.24) is 10.3 Å². The molecule has 1 unspecified atom stereocenters. The highest BCUT2D eigenvalue weighted by molar-refractivity contribution is 7.98. The summed E-state index contributed by atoms with van der Waals surface area (Å²) in [4.78, 5) is 6.11. The van der Waals surface area contributed by atoms with Gasteiger partial charge in [0.25, 0.3) is 0 Å². The van der Waals surface area contributed by atoms with E-state index in [1.807, 2.05) is 23.1 Å². The van der Waals surface area contributed by atoms with Gasteiger partial charge in [-0.25, -0.2) is 4.98 Å². The van der Waals surface area contributed by atoms with Crippen LogP contribution in [-0.4, -0.2) is 23.5 Å². The van der Waals surface area contributed by atoms with Gasteiger partial charge in [0, 0.05) is 16.3 Å². The third-order valence-corrected chi connectivity index (χ3v) is 5.31. The zero-order chi connectivity index (χ0) is 13.8. The second-order valence-corrected chi connectivity index (χ2v) is 7.76. The Morgan fingerprint density at radius 2 is 2.06 bits per heavy atom. The van der Waals surface area contributed by atoms with Gasteiger partial charge < -0.3 is 5.32 Å². The van der Waals surface area contributed by atoms with Gasteiger partial charge in [0.05, 0.1) is 10.7 Å². The average molecular weight is 287 g/mol. The molecule has 0 radical (unpaired) electrons. The van der Waals surface area contributed by atoms with Crippen molar-refractivity contribution in [1.29, 1.82) is 0 Å². The lowest BCUT2D eigenvalue weighted by Gasteiger charge is -2.14. The minimum atomic E-state index is 0.159. The summed E-state index contributed by atoms with van der Waals surface area (Å²) in [5, 5.41) is 4.84. The summed E-state index contributed by atoms with van der Waals surface area (Å²) < 4.78 is 0. The molecular weight excluding hydrogens is 260 g/mol. The van der Waals surface area contributed by atoms with Crippen LogP contribution in [0.5, 0.6) is 0 Å². The molecule has 0 aliphatic heterocycles. The number of hydrogen-bond donors (Lipinski definition) is 1. The van der Waals surface area contributed by atoms with Gasteiger partial charge in [-0.05, 0) is 38.8 Å². The Hall–Kier alpha value is -0.0600. The number of nitrogens with zero attached hydrogens (tertiary/aromatic N) is 1. The minimum absolute atomic E-state index is 0.159. The molecule has 0 amide bonds. The average Bonchev–Trinajstić information content (AvgIpc) is 2.66. The summed E-state index contributed by atoms with van der Waals surface area (Å²) in [7, 11) is 0. The van der Waals surface area contributed by atoms with Gasteiger partial charge in [0.1, 0.15) is 0 Å². The predicted octanol–water partition coefficient (Wildman–Crippen LogP) is 4.15. The van der Waals surface area contributed by atoms with Gasteiger partial charge in [0.2, 0.25) is 0 Å². The lowest BCUT2D eigenvalue weighted by atomic mass is 9.98. The van der Waals surface area contributed by atoms with Gasteiger partial charge in [-0.2, -0.15) is 11.8 Å². The van der Waals surface area contributed by atoms with Gasteiger partial charge in [-0.15, -0.1) is 11.3 Å². The van der Waals surface area contributed by atoms with Crippen molar-refractivity contribution in [3.8, 4) is 0 Å². The molecule has 0 aliphatic rings. The molecule has 1 aromatic rings. The molecule has 0 spiro atoms. The van der Waals surface area contributed by atoms with Crippen molar-refractivity contribution >= 4 is 23.1 Å². The molecular formula is C14H26N2S2. The summed E-state index contributed by atoms with van der Waals surface area (Å²) in [5.41, 5.74) is 1.35. The maximum absolute atomic E-state index is 4.72. The zero-order valence-corrected chi connectivity index (χ0v) is 14.1. The Balaban J connectivity index is 2.63. The van der Waals surface area contributed by atoms with Gasteiger partial charge in [-0.1, -0.05) is 20.8 Å². The zero-order valence-electron chi connectivity index (χ0n) is 12.5. The smallest absolute Gasteiger partial charge is 0.0985 e. The van der Waals surface area contributed by atoms with Crippen molar-refractivity contribution in [2.75, 3.05) is 18.6 Å². The van der Waals surface area contributed by atoms with E-state index in [-0.39, 0.29) is 5.41 Å². The maximum atomic E-state index is 4.72. The molecule has 1 N–H and O–H groups in total. The maximum Gasteiger partial charge on any atom is 0.0985 e. The Morgan fingerprint density at radius 1 is 1.39 bits per heavy atom. The van der Waals surface area contributed by atoms with Crippen molar-refractivity contribution < 1.29 is 0 Å².